The first-order valence-electron chi connectivity index (χ1n) is 12.1. The molecule has 3 aromatic rings. The van der Waals surface area contributed by atoms with Gasteiger partial charge in [-0.05, 0) is 44.2 Å². The fourth-order valence-corrected chi connectivity index (χ4v) is 5.49. The molecule has 11 heteroatoms. The molecule has 0 atom stereocenters. The minimum atomic E-state index is 0.636. The molecule has 0 amide bonds. The molecule has 186 valence electrons. The van der Waals surface area contributed by atoms with Gasteiger partial charge in [-0.1, -0.05) is 6.42 Å². The Balaban J connectivity index is 1.25. The second-order valence-corrected chi connectivity index (χ2v) is 9.99. The van der Waals surface area contributed by atoms with Crippen LogP contribution in [0.4, 0.5) is 10.9 Å². The lowest BCUT2D eigenvalue weighted by Gasteiger charge is -2.36. The Bertz CT molecular complexity index is 1130. The lowest BCUT2D eigenvalue weighted by Crippen LogP contribution is -2.50. The lowest BCUT2D eigenvalue weighted by molar-refractivity contribution is 0.181. The third kappa shape index (κ3) is 5.74. The first-order valence-corrected chi connectivity index (χ1v) is 13.4. The zero-order chi connectivity index (χ0) is 24.0. The number of benzene rings is 1. The van der Waals surface area contributed by atoms with Gasteiger partial charge in [-0.15, -0.1) is 11.3 Å². The van der Waals surface area contributed by atoms with Crippen molar-refractivity contribution in [2.45, 2.75) is 19.3 Å². The smallest absolute Gasteiger partial charge is 0.188 e. The van der Waals surface area contributed by atoms with Crippen LogP contribution in [-0.4, -0.2) is 89.4 Å². The molecule has 35 heavy (non-hydrogen) atoms. The number of ether oxygens (including phenoxy) is 2. The SMILES string of the molecule is COc1cc2c(N3CCN(C(=S)Nc4nccs4)CC3)ncnc2cc1OCCN1CCCCC1. The highest BCUT2D eigenvalue weighted by atomic mass is 32.1. The summed E-state index contributed by atoms with van der Waals surface area (Å²) in [6.45, 7) is 7.11. The normalized spacial score (nSPS) is 16.9. The molecule has 5 rings (SSSR count). The number of piperidine rings is 1. The van der Waals surface area contributed by atoms with Crippen LogP contribution in [0.1, 0.15) is 19.3 Å². The number of likely N-dealkylation sites (tertiary alicyclic amines) is 1. The van der Waals surface area contributed by atoms with Crippen molar-refractivity contribution in [1.82, 2.24) is 24.8 Å². The number of methoxy groups -OCH3 is 1. The molecular formula is C24H31N7O2S2. The predicted octanol–water partition coefficient (Wildman–Crippen LogP) is 3.48. The van der Waals surface area contributed by atoms with E-state index in [1.54, 1.807) is 31.0 Å². The number of piperazine rings is 1. The Kier molecular flexibility index (Phi) is 7.75. The number of hydrogen-bond acceptors (Lipinski definition) is 9. The van der Waals surface area contributed by atoms with Crippen LogP contribution in [0.2, 0.25) is 0 Å². The highest BCUT2D eigenvalue weighted by Crippen LogP contribution is 2.35. The van der Waals surface area contributed by atoms with Crippen molar-refractivity contribution in [2.75, 3.05) is 69.7 Å². The standard InChI is InChI=1S/C24H31N7O2S2/c1-32-20-15-18-19(16-21(20)33-13-12-29-6-3-2-4-7-29)26-17-27-22(18)30-8-10-31(11-9-30)24(34)28-23-25-5-14-35-23/h5,14-17H,2-4,6-13H2,1H3,(H,25,28,34). The van der Waals surface area contributed by atoms with Gasteiger partial charge < -0.3 is 24.6 Å². The van der Waals surface area contributed by atoms with E-state index in [0.29, 0.717) is 17.5 Å². The highest BCUT2D eigenvalue weighted by molar-refractivity contribution is 7.80. The minimum Gasteiger partial charge on any atom is -0.493 e. The third-order valence-electron chi connectivity index (χ3n) is 6.53. The summed E-state index contributed by atoms with van der Waals surface area (Å²) in [6.07, 6.45) is 7.29. The van der Waals surface area contributed by atoms with Gasteiger partial charge in [0.25, 0.3) is 0 Å². The summed E-state index contributed by atoms with van der Waals surface area (Å²) in [5.74, 6) is 2.34. The number of hydrogen-bond donors (Lipinski definition) is 1. The molecule has 0 unspecified atom stereocenters. The van der Waals surface area contributed by atoms with Gasteiger partial charge >= 0.3 is 0 Å². The molecule has 2 aromatic heterocycles. The number of fused-ring (bicyclic) bond motifs is 1. The molecule has 2 saturated heterocycles. The van der Waals surface area contributed by atoms with Crippen molar-refractivity contribution in [1.29, 1.82) is 0 Å². The molecule has 0 saturated carbocycles. The van der Waals surface area contributed by atoms with Crippen molar-refractivity contribution in [3.8, 4) is 11.5 Å². The van der Waals surface area contributed by atoms with Crippen molar-refractivity contribution in [2.24, 2.45) is 0 Å². The molecule has 1 N–H and O–H groups in total. The summed E-state index contributed by atoms with van der Waals surface area (Å²) in [7, 11) is 1.68. The van der Waals surface area contributed by atoms with E-state index in [9.17, 15) is 0 Å². The monoisotopic (exact) mass is 513 g/mol. The summed E-state index contributed by atoms with van der Waals surface area (Å²) < 4.78 is 11.8. The number of rotatable bonds is 7. The van der Waals surface area contributed by atoms with Gasteiger partial charge in [0.15, 0.2) is 21.7 Å². The second-order valence-electron chi connectivity index (χ2n) is 8.71. The predicted molar refractivity (Wildman–Crippen MR) is 144 cm³/mol. The van der Waals surface area contributed by atoms with Crippen LogP contribution < -0.4 is 19.7 Å². The minimum absolute atomic E-state index is 0.636. The Morgan fingerprint density at radius 2 is 1.86 bits per heavy atom. The third-order valence-corrected chi connectivity index (χ3v) is 7.57. The quantitative estimate of drug-likeness (QED) is 0.475. The van der Waals surface area contributed by atoms with Crippen LogP contribution in [-0.2, 0) is 0 Å². The van der Waals surface area contributed by atoms with E-state index < -0.39 is 0 Å². The fourth-order valence-electron chi connectivity index (χ4n) is 4.62. The van der Waals surface area contributed by atoms with Crippen LogP contribution in [0.5, 0.6) is 11.5 Å². The number of aromatic nitrogens is 3. The number of nitrogens with one attached hydrogen (secondary N) is 1. The zero-order valence-electron chi connectivity index (χ0n) is 20.0. The van der Waals surface area contributed by atoms with Crippen LogP contribution >= 0.6 is 23.6 Å². The van der Waals surface area contributed by atoms with Crippen LogP contribution in [0.3, 0.4) is 0 Å². The maximum absolute atomic E-state index is 6.13. The molecule has 0 radical (unpaired) electrons. The van der Waals surface area contributed by atoms with Crippen molar-refractivity contribution < 1.29 is 9.47 Å². The topological polar surface area (TPSA) is 78.9 Å². The van der Waals surface area contributed by atoms with E-state index in [0.717, 1.165) is 73.4 Å². The first-order chi connectivity index (χ1) is 17.2. The van der Waals surface area contributed by atoms with Gasteiger partial charge in [0.2, 0.25) is 0 Å². The van der Waals surface area contributed by atoms with E-state index in [1.807, 2.05) is 17.5 Å². The molecule has 2 aliphatic heterocycles. The molecule has 4 heterocycles. The zero-order valence-corrected chi connectivity index (χ0v) is 21.6. The molecular weight excluding hydrogens is 482 g/mol. The van der Waals surface area contributed by atoms with Gasteiger partial charge in [-0.2, -0.15) is 0 Å². The summed E-state index contributed by atoms with van der Waals surface area (Å²) in [5, 5.41) is 7.65. The van der Waals surface area contributed by atoms with Crippen LogP contribution in [0, 0.1) is 0 Å². The van der Waals surface area contributed by atoms with Crippen molar-refractivity contribution in [3.05, 3.63) is 30.0 Å². The first kappa shape index (κ1) is 24.0. The molecule has 2 aliphatic rings. The van der Waals surface area contributed by atoms with E-state index in [-0.39, 0.29) is 0 Å². The number of nitrogens with zero attached hydrogens (tertiary/aromatic N) is 6. The molecule has 0 spiro atoms. The maximum atomic E-state index is 6.13. The molecule has 9 nitrogen and oxygen atoms in total. The van der Waals surface area contributed by atoms with E-state index >= 15 is 0 Å². The average Bonchev–Trinajstić information content (AvgIpc) is 3.41. The number of anilines is 2. The molecule has 0 bridgehead atoms. The van der Waals surface area contributed by atoms with Gasteiger partial charge in [-0.3, -0.25) is 4.90 Å². The van der Waals surface area contributed by atoms with Crippen LogP contribution in [0.25, 0.3) is 10.9 Å². The lowest BCUT2D eigenvalue weighted by atomic mass is 10.1. The Morgan fingerprint density at radius 3 is 2.60 bits per heavy atom. The maximum Gasteiger partial charge on any atom is 0.188 e. The second kappa shape index (κ2) is 11.3. The Hall–Kier alpha value is -2.76. The Morgan fingerprint density at radius 1 is 1.03 bits per heavy atom. The van der Waals surface area contributed by atoms with E-state index in [1.165, 1.54) is 19.3 Å². The van der Waals surface area contributed by atoms with E-state index in [4.69, 9.17) is 21.7 Å². The van der Waals surface area contributed by atoms with Crippen LogP contribution in [0.15, 0.2) is 30.0 Å². The summed E-state index contributed by atoms with van der Waals surface area (Å²) in [4.78, 5) is 20.3. The number of thiocarbonyl (C=S) groups is 1. The van der Waals surface area contributed by atoms with Crippen molar-refractivity contribution >= 4 is 50.5 Å². The molecule has 1 aromatic carbocycles. The van der Waals surface area contributed by atoms with Gasteiger partial charge in [-0.25, -0.2) is 15.0 Å². The molecule has 0 aliphatic carbocycles. The largest absolute Gasteiger partial charge is 0.493 e. The summed E-state index contributed by atoms with van der Waals surface area (Å²) >= 11 is 7.12. The number of thiazole rings is 1. The van der Waals surface area contributed by atoms with E-state index in [2.05, 4.69) is 35.0 Å². The highest BCUT2D eigenvalue weighted by Gasteiger charge is 2.23. The summed E-state index contributed by atoms with van der Waals surface area (Å²) in [6, 6.07) is 3.97. The summed E-state index contributed by atoms with van der Waals surface area (Å²) in [5.41, 5.74) is 0.854. The van der Waals surface area contributed by atoms with Gasteiger partial charge in [0, 0.05) is 55.8 Å². The Labute approximate surface area is 215 Å². The molecule has 2 fully saturated rings. The fraction of sp³-hybridized carbons (Fsp3) is 0.500. The van der Waals surface area contributed by atoms with Crippen molar-refractivity contribution in [3.63, 3.8) is 0 Å². The van der Waals surface area contributed by atoms with Gasteiger partial charge in [0.05, 0.1) is 12.6 Å². The average molecular weight is 514 g/mol. The van der Waals surface area contributed by atoms with Gasteiger partial charge in [0.1, 0.15) is 18.8 Å².